The van der Waals surface area contributed by atoms with Gasteiger partial charge in [0.1, 0.15) is 17.1 Å². The fraction of sp³-hybridized carbons (Fsp3) is 0. The van der Waals surface area contributed by atoms with Gasteiger partial charge in [0.05, 0.1) is 5.56 Å². The maximum Gasteiger partial charge on any atom is 0.257 e. The first-order valence-corrected chi connectivity index (χ1v) is 8.97. The van der Waals surface area contributed by atoms with Gasteiger partial charge in [-0.3, -0.25) is 10.1 Å². The number of para-hydroxylation sites is 2. The average molecular weight is 407 g/mol. The Morgan fingerprint density at radius 2 is 1.90 bits per heavy atom. The summed E-state index contributed by atoms with van der Waals surface area (Å²) in [5, 5.41) is 15.6. The Hall–Kier alpha value is -3.78. The van der Waals surface area contributed by atoms with Crippen molar-refractivity contribution in [3.05, 3.63) is 78.1 Å². The molecule has 3 N–H and O–H groups in total. The van der Waals surface area contributed by atoms with E-state index in [0.717, 1.165) is 6.07 Å². The predicted molar refractivity (Wildman–Crippen MR) is 111 cm³/mol. The van der Waals surface area contributed by atoms with Crippen LogP contribution in [0.3, 0.4) is 0 Å². The summed E-state index contributed by atoms with van der Waals surface area (Å²) in [5.41, 5.74) is 2.31. The molecule has 1 heterocycles. The van der Waals surface area contributed by atoms with Crippen molar-refractivity contribution >= 4 is 40.0 Å². The fourth-order valence-corrected chi connectivity index (χ4v) is 2.96. The van der Waals surface area contributed by atoms with Gasteiger partial charge in [-0.2, -0.15) is 0 Å². The summed E-state index contributed by atoms with van der Waals surface area (Å²) in [5.74, 6) is -0.844. The molecule has 144 valence electrons. The van der Waals surface area contributed by atoms with Gasteiger partial charge in [0.2, 0.25) is 5.89 Å². The van der Waals surface area contributed by atoms with E-state index in [1.54, 1.807) is 18.2 Å². The minimum Gasteiger partial charge on any atom is -0.507 e. The van der Waals surface area contributed by atoms with Crippen LogP contribution >= 0.6 is 12.2 Å². The number of oxazole rings is 1. The molecule has 0 saturated carbocycles. The van der Waals surface area contributed by atoms with E-state index in [4.69, 9.17) is 16.6 Å². The number of nitrogens with one attached hydrogen (secondary N) is 2. The summed E-state index contributed by atoms with van der Waals surface area (Å²) in [7, 11) is 0. The molecule has 0 aliphatic carbocycles. The molecule has 0 fully saturated rings. The normalized spacial score (nSPS) is 10.7. The van der Waals surface area contributed by atoms with Crippen molar-refractivity contribution in [1.29, 1.82) is 0 Å². The number of thiocarbonyl (C=S) groups is 1. The van der Waals surface area contributed by atoms with Gasteiger partial charge in [0.25, 0.3) is 5.91 Å². The first-order valence-electron chi connectivity index (χ1n) is 8.56. The average Bonchev–Trinajstić information content (AvgIpc) is 3.11. The van der Waals surface area contributed by atoms with Crippen molar-refractivity contribution in [2.24, 2.45) is 0 Å². The highest BCUT2D eigenvalue weighted by molar-refractivity contribution is 7.80. The first kappa shape index (κ1) is 18.6. The molecule has 0 spiro atoms. The van der Waals surface area contributed by atoms with E-state index in [1.807, 2.05) is 18.2 Å². The number of aromatic hydroxyl groups is 1. The fourth-order valence-electron chi connectivity index (χ4n) is 2.75. The smallest absolute Gasteiger partial charge is 0.257 e. The molecule has 4 rings (SSSR count). The molecule has 1 aromatic heterocycles. The zero-order chi connectivity index (χ0) is 20.4. The van der Waals surface area contributed by atoms with Gasteiger partial charge in [-0.05, 0) is 54.7 Å². The van der Waals surface area contributed by atoms with Crippen LogP contribution in [0.4, 0.5) is 10.1 Å². The van der Waals surface area contributed by atoms with Crippen molar-refractivity contribution in [1.82, 2.24) is 10.3 Å². The number of nitrogens with zero attached hydrogens (tertiary/aromatic N) is 1. The number of carbonyl (C=O) groups excluding carboxylic acids is 1. The van der Waals surface area contributed by atoms with Crippen LogP contribution in [0.1, 0.15) is 10.4 Å². The number of aromatic nitrogens is 1. The quantitative estimate of drug-likeness (QED) is 0.435. The molecule has 0 atom stereocenters. The Bertz CT molecular complexity index is 1210. The Morgan fingerprint density at radius 1 is 1.07 bits per heavy atom. The van der Waals surface area contributed by atoms with Gasteiger partial charge < -0.3 is 14.8 Å². The third-order valence-electron chi connectivity index (χ3n) is 4.09. The summed E-state index contributed by atoms with van der Waals surface area (Å²) >= 11 is 5.11. The molecule has 4 aromatic rings. The predicted octanol–water partition coefficient (Wildman–Crippen LogP) is 4.47. The zero-order valence-corrected chi connectivity index (χ0v) is 15.7. The molecule has 0 aliphatic rings. The molecule has 0 radical (unpaired) electrons. The number of phenolic OH excluding ortho intramolecular Hbond substituents is 1. The van der Waals surface area contributed by atoms with Crippen LogP contribution in [0.25, 0.3) is 22.6 Å². The van der Waals surface area contributed by atoms with E-state index >= 15 is 0 Å². The molecule has 3 aromatic carbocycles. The molecule has 29 heavy (non-hydrogen) atoms. The van der Waals surface area contributed by atoms with E-state index in [0.29, 0.717) is 22.4 Å². The molecule has 0 unspecified atom stereocenters. The van der Waals surface area contributed by atoms with Gasteiger partial charge in [0.15, 0.2) is 10.7 Å². The second kappa shape index (κ2) is 7.69. The Labute approximate surface area is 170 Å². The molecule has 0 bridgehead atoms. The van der Waals surface area contributed by atoms with Gasteiger partial charge >= 0.3 is 0 Å². The van der Waals surface area contributed by atoms with Crippen LogP contribution < -0.4 is 10.6 Å². The second-order valence-corrected chi connectivity index (χ2v) is 6.55. The van der Waals surface area contributed by atoms with E-state index in [-0.39, 0.29) is 22.3 Å². The lowest BCUT2D eigenvalue weighted by molar-refractivity contribution is 0.0977. The molecule has 1 amide bonds. The van der Waals surface area contributed by atoms with Crippen molar-refractivity contribution < 1.29 is 18.7 Å². The van der Waals surface area contributed by atoms with E-state index in [1.165, 1.54) is 24.3 Å². The Kier molecular flexibility index (Phi) is 4.92. The van der Waals surface area contributed by atoms with Gasteiger partial charge in [0, 0.05) is 17.3 Å². The number of rotatable bonds is 3. The Balaban J connectivity index is 1.47. The van der Waals surface area contributed by atoms with Crippen LogP contribution in [-0.2, 0) is 0 Å². The van der Waals surface area contributed by atoms with Crippen LogP contribution in [0.15, 0.2) is 71.1 Å². The highest BCUT2D eigenvalue weighted by Gasteiger charge is 2.14. The van der Waals surface area contributed by atoms with Gasteiger partial charge in [-0.25, -0.2) is 9.37 Å². The van der Waals surface area contributed by atoms with Crippen LogP contribution in [-0.4, -0.2) is 21.1 Å². The summed E-state index contributed by atoms with van der Waals surface area (Å²) in [6.45, 7) is 0. The van der Waals surface area contributed by atoms with E-state index in [9.17, 15) is 14.3 Å². The lowest BCUT2D eigenvalue weighted by atomic mass is 10.2. The van der Waals surface area contributed by atoms with Crippen molar-refractivity contribution in [2.45, 2.75) is 0 Å². The van der Waals surface area contributed by atoms with Gasteiger partial charge in [-0.15, -0.1) is 0 Å². The maximum atomic E-state index is 13.2. The number of halogens is 1. The minimum absolute atomic E-state index is 0.00766. The summed E-state index contributed by atoms with van der Waals surface area (Å²) in [4.78, 5) is 16.5. The van der Waals surface area contributed by atoms with E-state index in [2.05, 4.69) is 15.6 Å². The van der Waals surface area contributed by atoms with Crippen molar-refractivity contribution in [3.8, 4) is 17.2 Å². The Morgan fingerprint density at radius 3 is 2.66 bits per heavy atom. The third-order valence-corrected chi connectivity index (χ3v) is 4.30. The monoisotopic (exact) mass is 407 g/mol. The molecule has 6 nitrogen and oxygen atoms in total. The number of benzene rings is 3. The van der Waals surface area contributed by atoms with Gasteiger partial charge in [-0.1, -0.05) is 18.2 Å². The molecule has 0 aliphatic heterocycles. The second-order valence-electron chi connectivity index (χ2n) is 6.14. The largest absolute Gasteiger partial charge is 0.507 e. The first-order chi connectivity index (χ1) is 14.0. The summed E-state index contributed by atoms with van der Waals surface area (Å²) in [6, 6.07) is 17.3. The van der Waals surface area contributed by atoms with Crippen molar-refractivity contribution in [3.63, 3.8) is 0 Å². The zero-order valence-electron chi connectivity index (χ0n) is 14.8. The summed E-state index contributed by atoms with van der Waals surface area (Å²) < 4.78 is 18.9. The molecule has 8 heteroatoms. The molecular formula is C21H14FN3O3S. The van der Waals surface area contributed by atoms with Crippen LogP contribution in [0.5, 0.6) is 5.75 Å². The number of amides is 1. The number of hydrogen-bond acceptors (Lipinski definition) is 5. The maximum absolute atomic E-state index is 13.2. The van der Waals surface area contributed by atoms with Crippen molar-refractivity contribution in [2.75, 3.05) is 5.32 Å². The third kappa shape index (κ3) is 4.07. The highest BCUT2D eigenvalue weighted by atomic mass is 32.1. The number of carbonyl (C=O) groups is 1. The standard InChI is InChI=1S/C21H14FN3O3S/c22-13-5-3-4-12(10-13)19(27)25-21(29)23-14-8-9-15(17(26)11-14)20-24-16-6-1-2-7-18(16)28-20/h1-11,26H,(H2,23,25,27,29). The lowest BCUT2D eigenvalue weighted by Crippen LogP contribution is -2.34. The number of anilines is 1. The van der Waals surface area contributed by atoms with Crippen LogP contribution in [0.2, 0.25) is 0 Å². The lowest BCUT2D eigenvalue weighted by Gasteiger charge is -2.11. The highest BCUT2D eigenvalue weighted by Crippen LogP contribution is 2.32. The molecule has 0 saturated heterocycles. The number of hydrogen-bond donors (Lipinski definition) is 3. The summed E-state index contributed by atoms with van der Waals surface area (Å²) in [6.07, 6.45) is 0. The molecular weight excluding hydrogens is 393 g/mol. The SMILES string of the molecule is O=C(NC(=S)Nc1ccc(-c2nc3ccccc3o2)c(O)c1)c1cccc(F)c1. The number of fused-ring (bicyclic) bond motifs is 1. The van der Waals surface area contributed by atoms with E-state index < -0.39 is 11.7 Å². The minimum atomic E-state index is -0.547. The number of phenols is 1. The topological polar surface area (TPSA) is 87.4 Å². The van der Waals surface area contributed by atoms with Crippen LogP contribution in [0, 0.1) is 5.82 Å².